The maximum absolute atomic E-state index is 12.8. The van der Waals surface area contributed by atoms with E-state index in [1.165, 1.54) is 10.7 Å². The molecular weight excluding hydrogens is 292 g/mol. The van der Waals surface area contributed by atoms with Crippen LogP contribution in [0.15, 0.2) is 18.5 Å². The third-order valence-electron chi connectivity index (χ3n) is 3.59. The normalized spacial score (nSPS) is 14.5. The summed E-state index contributed by atoms with van der Waals surface area (Å²) in [5.74, 6) is 0.000734. The number of aromatic nitrogens is 4. The number of nitrogens with zero attached hydrogens (tertiary/aromatic N) is 4. The average Bonchev–Trinajstić information content (AvgIpc) is 3.09. The number of amides is 1. The zero-order valence-electron chi connectivity index (χ0n) is 12.2. The van der Waals surface area contributed by atoms with Crippen molar-refractivity contribution >= 4 is 5.91 Å². The van der Waals surface area contributed by atoms with E-state index in [0.29, 0.717) is 6.54 Å². The fourth-order valence-corrected chi connectivity index (χ4v) is 2.35. The maximum Gasteiger partial charge on any atom is 0.282 e. The van der Waals surface area contributed by atoms with E-state index in [0.717, 1.165) is 24.1 Å². The second kappa shape index (κ2) is 5.86. The van der Waals surface area contributed by atoms with Crippen LogP contribution in [0.1, 0.15) is 42.1 Å². The third-order valence-corrected chi connectivity index (χ3v) is 3.59. The van der Waals surface area contributed by atoms with E-state index in [2.05, 4.69) is 15.5 Å². The van der Waals surface area contributed by atoms with Gasteiger partial charge in [0, 0.05) is 37.0 Å². The fraction of sp³-hybridized carbons (Fsp3) is 0.500. The number of alkyl halides is 2. The lowest BCUT2D eigenvalue weighted by atomic mass is 10.2. The van der Waals surface area contributed by atoms with Gasteiger partial charge in [-0.15, -0.1) is 0 Å². The molecule has 118 valence electrons. The van der Waals surface area contributed by atoms with Gasteiger partial charge >= 0.3 is 0 Å². The minimum absolute atomic E-state index is 0.0428. The predicted molar refractivity (Wildman–Crippen MR) is 74.2 cm³/mol. The zero-order valence-corrected chi connectivity index (χ0v) is 12.2. The molecule has 0 atom stereocenters. The molecule has 2 aromatic heterocycles. The molecule has 0 spiro atoms. The van der Waals surface area contributed by atoms with Crippen molar-refractivity contribution < 1.29 is 13.6 Å². The molecule has 1 N–H and O–H groups in total. The van der Waals surface area contributed by atoms with E-state index in [-0.39, 0.29) is 24.1 Å². The topological polar surface area (TPSA) is 64.7 Å². The lowest BCUT2D eigenvalue weighted by molar-refractivity contribution is -0.122. The molecule has 2 heterocycles. The largest absolute Gasteiger partial charge is 0.350 e. The first-order valence-electron chi connectivity index (χ1n) is 7.13. The average molecular weight is 309 g/mol. The molecule has 8 heteroatoms. The van der Waals surface area contributed by atoms with Crippen molar-refractivity contribution in [1.82, 2.24) is 24.9 Å². The van der Waals surface area contributed by atoms with Crippen molar-refractivity contribution in [3.63, 3.8) is 0 Å². The summed E-state index contributed by atoms with van der Waals surface area (Å²) in [5.41, 5.74) is 1.35. The van der Waals surface area contributed by atoms with Gasteiger partial charge < -0.3 is 5.32 Å². The summed E-state index contributed by atoms with van der Waals surface area (Å²) in [6.45, 7) is 0.313. The van der Waals surface area contributed by atoms with Gasteiger partial charge in [0.2, 0.25) is 5.91 Å². The maximum atomic E-state index is 12.8. The van der Waals surface area contributed by atoms with Gasteiger partial charge in [-0.05, 0) is 18.9 Å². The molecule has 0 saturated heterocycles. The zero-order chi connectivity index (χ0) is 15.7. The molecule has 0 aliphatic heterocycles. The van der Waals surface area contributed by atoms with Crippen LogP contribution in [-0.4, -0.2) is 25.5 Å². The second-order valence-electron chi connectivity index (χ2n) is 5.53. The predicted octanol–water partition coefficient (Wildman–Crippen LogP) is 1.75. The molecular formula is C14H17F2N5O. The molecule has 1 amide bonds. The quantitative estimate of drug-likeness (QED) is 0.884. The second-order valence-corrected chi connectivity index (χ2v) is 5.53. The highest BCUT2D eigenvalue weighted by atomic mass is 19.3. The summed E-state index contributed by atoms with van der Waals surface area (Å²) >= 11 is 0. The van der Waals surface area contributed by atoms with Crippen molar-refractivity contribution in [2.75, 3.05) is 0 Å². The highest BCUT2D eigenvalue weighted by molar-refractivity contribution is 5.75. The number of carbonyl (C=O) groups is 1. The van der Waals surface area contributed by atoms with Crippen LogP contribution in [0.25, 0.3) is 0 Å². The van der Waals surface area contributed by atoms with Crippen molar-refractivity contribution in [2.24, 2.45) is 7.05 Å². The Morgan fingerprint density at radius 1 is 1.50 bits per heavy atom. The molecule has 0 bridgehead atoms. The van der Waals surface area contributed by atoms with Gasteiger partial charge in [0.25, 0.3) is 6.43 Å². The lowest BCUT2D eigenvalue weighted by Gasteiger charge is -2.07. The Bertz CT molecular complexity index is 675. The van der Waals surface area contributed by atoms with Crippen LogP contribution in [-0.2, 0) is 24.9 Å². The Hall–Kier alpha value is -2.25. The fourth-order valence-electron chi connectivity index (χ4n) is 2.35. The minimum Gasteiger partial charge on any atom is -0.350 e. The highest BCUT2D eigenvalue weighted by Crippen LogP contribution is 2.41. The summed E-state index contributed by atoms with van der Waals surface area (Å²) in [4.78, 5) is 12.0. The van der Waals surface area contributed by atoms with E-state index in [1.54, 1.807) is 24.1 Å². The van der Waals surface area contributed by atoms with E-state index in [4.69, 9.17) is 0 Å². The van der Waals surface area contributed by atoms with Gasteiger partial charge in [0.15, 0.2) is 0 Å². The molecule has 0 radical (unpaired) electrons. The van der Waals surface area contributed by atoms with Gasteiger partial charge in [-0.2, -0.15) is 10.2 Å². The molecule has 1 aliphatic carbocycles. The van der Waals surface area contributed by atoms with Crippen molar-refractivity contribution in [3.05, 3.63) is 35.4 Å². The smallest absolute Gasteiger partial charge is 0.282 e. The molecule has 22 heavy (non-hydrogen) atoms. The van der Waals surface area contributed by atoms with Crippen molar-refractivity contribution in [3.8, 4) is 0 Å². The van der Waals surface area contributed by atoms with Crippen LogP contribution in [0.4, 0.5) is 8.78 Å². The molecule has 1 aliphatic rings. The first kappa shape index (κ1) is 14.7. The Morgan fingerprint density at radius 2 is 2.27 bits per heavy atom. The van der Waals surface area contributed by atoms with Gasteiger partial charge in [0.1, 0.15) is 12.2 Å². The third kappa shape index (κ3) is 3.32. The number of nitrogens with one attached hydrogen (secondary N) is 1. The van der Waals surface area contributed by atoms with Crippen LogP contribution in [0, 0.1) is 0 Å². The first-order chi connectivity index (χ1) is 10.5. The Labute approximate surface area is 126 Å². The lowest BCUT2D eigenvalue weighted by Crippen LogP contribution is -2.28. The molecule has 2 aromatic rings. The number of hydrogen-bond donors (Lipinski definition) is 1. The van der Waals surface area contributed by atoms with Crippen LogP contribution in [0.3, 0.4) is 0 Å². The van der Waals surface area contributed by atoms with Crippen LogP contribution < -0.4 is 5.32 Å². The standard InChI is InChI=1S/C14H17F2N5O/c1-20-7-9(6-18-20)5-17-13(22)8-21-12(10-2-3-10)4-11(19-21)14(15)16/h4,6-7,10,14H,2-3,5,8H2,1H3,(H,17,22). The van der Waals surface area contributed by atoms with Crippen molar-refractivity contribution in [2.45, 2.75) is 38.3 Å². The summed E-state index contributed by atoms with van der Waals surface area (Å²) in [5, 5.41) is 10.6. The number of carbonyl (C=O) groups excluding carboxylic acids is 1. The molecule has 1 saturated carbocycles. The van der Waals surface area contributed by atoms with E-state index >= 15 is 0 Å². The molecule has 1 fully saturated rings. The summed E-state index contributed by atoms with van der Waals surface area (Å²) < 4.78 is 28.6. The molecule has 6 nitrogen and oxygen atoms in total. The van der Waals surface area contributed by atoms with E-state index < -0.39 is 6.43 Å². The highest BCUT2D eigenvalue weighted by Gasteiger charge is 2.30. The summed E-state index contributed by atoms with van der Waals surface area (Å²) in [6.07, 6.45) is 2.78. The van der Waals surface area contributed by atoms with Crippen LogP contribution >= 0.6 is 0 Å². The Morgan fingerprint density at radius 3 is 2.86 bits per heavy atom. The molecule has 0 unspecified atom stereocenters. The monoisotopic (exact) mass is 309 g/mol. The number of aryl methyl sites for hydroxylation is 1. The van der Waals surface area contributed by atoms with Crippen molar-refractivity contribution in [1.29, 1.82) is 0 Å². The number of halogens is 2. The summed E-state index contributed by atoms with van der Waals surface area (Å²) in [6, 6.07) is 1.41. The first-order valence-corrected chi connectivity index (χ1v) is 7.13. The minimum atomic E-state index is -2.61. The Kier molecular flexibility index (Phi) is 3.91. The van der Waals surface area contributed by atoms with Gasteiger partial charge in [-0.25, -0.2) is 8.78 Å². The van der Waals surface area contributed by atoms with Gasteiger partial charge in [-0.1, -0.05) is 0 Å². The Balaban J connectivity index is 1.63. The van der Waals surface area contributed by atoms with Crippen LogP contribution in [0.2, 0.25) is 0 Å². The number of rotatable bonds is 6. The van der Waals surface area contributed by atoms with Gasteiger partial charge in [-0.3, -0.25) is 14.2 Å². The summed E-state index contributed by atoms with van der Waals surface area (Å²) in [7, 11) is 1.79. The molecule has 3 rings (SSSR count). The SMILES string of the molecule is Cn1cc(CNC(=O)Cn2nc(C(F)F)cc2C2CC2)cn1. The van der Waals surface area contributed by atoms with E-state index in [1.807, 2.05) is 0 Å². The van der Waals surface area contributed by atoms with Gasteiger partial charge in [0.05, 0.1) is 6.20 Å². The molecule has 0 aromatic carbocycles. The van der Waals surface area contributed by atoms with E-state index in [9.17, 15) is 13.6 Å². The van der Waals surface area contributed by atoms with Crippen LogP contribution in [0.5, 0.6) is 0 Å². The number of hydrogen-bond acceptors (Lipinski definition) is 3.